The van der Waals surface area contributed by atoms with Gasteiger partial charge in [-0.15, -0.1) is 0 Å². The van der Waals surface area contributed by atoms with Crippen molar-refractivity contribution in [3.8, 4) is 17.2 Å². The van der Waals surface area contributed by atoms with Gasteiger partial charge in [0.25, 0.3) is 11.8 Å². The number of carbonyl (C=O) groups excluding carboxylic acids is 3. The van der Waals surface area contributed by atoms with Crippen LogP contribution in [0.2, 0.25) is 0 Å². The lowest BCUT2D eigenvalue weighted by atomic mass is 10.0. The summed E-state index contributed by atoms with van der Waals surface area (Å²) in [6.45, 7) is 6.64. The topological polar surface area (TPSA) is 139 Å². The molecule has 3 N–H and O–H groups in total. The smallest absolute Gasteiger partial charge is 0.323 e. The number of fused-ring (bicyclic) bond motifs is 2. The molecule has 12 nitrogen and oxygen atoms in total. The minimum Gasteiger partial charge on any atom is -0.490 e. The van der Waals surface area contributed by atoms with Crippen LogP contribution in [-0.2, 0) is 4.74 Å². The predicted octanol–water partition coefficient (Wildman–Crippen LogP) is 5.63. The average molecular weight is 675 g/mol. The zero-order valence-electron chi connectivity index (χ0n) is 28.5. The highest BCUT2D eigenvalue weighted by molar-refractivity contribution is 6.02. The summed E-state index contributed by atoms with van der Waals surface area (Å²) < 4.78 is 23.4. The van der Waals surface area contributed by atoms with Crippen molar-refractivity contribution < 1.29 is 38.4 Å². The van der Waals surface area contributed by atoms with E-state index in [2.05, 4.69) is 10.6 Å². The summed E-state index contributed by atoms with van der Waals surface area (Å²) in [4.78, 5) is 43.8. The highest BCUT2D eigenvalue weighted by Gasteiger charge is 2.31. The van der Waals surface area contributed by atoms with Gasteiger partial charge in [-0.2, -0.15) is 0 Å². The monoisotopic (exact) mass is 674 g/mol. The number of benzene rings is 3. The van der Waals surface area contributed by atoms with Crippen molar-refractivity contribution in [2.24, 2.45) is 5.92 Å². The van der Waals surface area contributed by atoms with E-state index in [1.54, 1.807) is 72.3 Å². The molecule has 0 unspecified atom stereocenters. The summed E-state index contributed by atoms with van der Waals surface area (Å²) >= 11 is 0. The molecule has 12 heteroatoms. The Bertz CT molecular complexity index is 1600. The first-order valence-electron chi connectivity index (χ1n) is 16.7. The minimum absolute atomic E-state index is 0.116. The van der Waals surface area contributed by atoms with E-state index in [1.165, 1.54) is 0 Å². The average Bonchev–Trinajstić information content (AvgIpc) is 3.57. The second kappa shape index (κ2) is 16.5. The first-order valence-corrected chi connectivity index (χ1v) is 16.7. The van der Waals surface area contributed by atoms with Crippen LogP contribution in [0.5, 0.6) is 17.2 Å². The Morgan fingerprint density at radius 2 is 1.65 bits per heavy atom. The number of anilines is 2. The van der Waals surface area contributed by atoms with Crippen molar-refractivity contribution in [1.82, 2.24) is 9.80 Å². The lowest BCUT2D eigenvalue weighted by molar-refractivity contribution is -0.0149. The number of rotatable bonds is 7. The molecule has 3 aromatic carbocycles. The first kappa shape index (κ1) is 35.5. The molecule has 2 aliphatic rings. The molecular formula is C37H46N4O8. The normalized spacial score (nSPS) is 20.3. The Labute approximate surface area is 287 Å². The standard InChI is InChI=1S/C37H46N4O8/c1-24-20-41(25(2)22-42)36(44)30-18-28(38-37(45)39-29-14-16-32-33(19-29)48-23-47-32)13-15-31(30)49-26(3)10-8-9-17-46-34(24)21-40(4)35(43)27-11-6-5-7-12-27/h5-7,11-16,18-19,24-26,34,42H,8-10,17,20-23H2,1-4H3,(H2,38,39,45)/t24-,25-,26+,34+/m1/s1. The van der Waals surface area contributed by atoms with Gasteiger partial charge in [0.15, 0.2) is 11.5 Å². The summed E-state index contributed by atoms with van der Waals surface area (Å²) in [5.41, 5.74) is 1.74. The van der Waals surface area contributed by atoms with Crippen LogP contribution >= 0.6 is 0 Å². The van der Waals surface area contributed by atoms with Crippen LogP contribution < -0.4 is 24.8 Å². The SMILES string of the molecule is C[C@@H]1CN([C@H](C)CO)C(=O)c2cc(NC(=O)Nc3ccc4c(c3)OCO4)ccc2O[C@@H](C)CCCCO[C@H]1CN(C)C(=O)c1ccccc1. The Balaban J connectivity index is 1.38. The van der Waals surface area contributed by atoms with Crippen LogP contribution in [0.3, 0.4) is 0 Å². The quantitative estimate of drug-likeness (QED) is 0.293. The third kappa shape index (κ3) is 9.21. The maximum absolute atomic E-state index is 14.4. The van der Waals surface area contributed by atoms with E-state index in [-0.39, 0.29) is 55.4 Å². The molecule has 262 valence electrons. The summed E-state index contributed by atoms with van der Waals surface area (Å²) in [7, 11) is 1.75. The van der Waals surface area contributed by atoms with E-state index >= 15 is 0 Å². The largest absolute Gasteiger partial charge is 0.490 e. The number of nitrogens with zero attached hydrogens (tertiary/aromatic N) is 2. The number of urea groups is 1. The Morgan fingerprint density at radius 1 is 0.959 bits per heavy atom. The van der Waals surface area contributed by atoms with Gasteiger partial charge in [-0.05, 0) is 75.6 Å². The zero-order chi connectivity index (χ0) is 34.9. The zero-order valence-corrected chi connectivity index (χ0v) is 28.5. The molecule has 2 aliphatic heterocycles. The highest BCUT2D eigenvalue weighted by Crippen LogP contribution is 2.34. The fourth-order valence-corrected chi connectivity index (χ4v) is 5.88. The number of aliphatic hydroxyl groups excluding tert-OH is 1. The second-order valence-corrected chi connectivity index (χ2v) is 12.7. The van der Waals surface area contributed by atoms with Crippen LogP contribution in [0, 0.1) is 5.92 Å². The Hall–Kier alpha value is -4.81. The number of hydrogen-bond donors (Lipinski definition) is 3. The number of ether oxygens (including phenoxy) is 4. The molecule has 0 saturated heterocycles. The minimum atomic E-state index is -0.539. The number of hydrogen-bond acceptors (Lipinski definition) is 8. The van der Waals surface area contributed by atoms with Gasteiger partial charge in [-0.1, -0.05) is 25.1 Å². The van der Waals surface area contributed by atoms with E-state index in [0.717, 1.165) is 19.3 Å². The Morgan fingerprint density at radius 3 is 2.39 bits per heavy atom. The van der Waals surface area contributed by atoms with Gasteiger partial charge in [-0.3, -0.25) is 9.59 Å². The summed E-state index contributed by atoms with van der Waals surface area (Å²) in [5, 5.41) is 15.8. The molecule has 4 atom stereocenters. The van der Waals surface area contributed by atoms with E-state index in [4.69, 9.17) is 18.9 Å². The molecular weight excluding hydrogens is 628 g/mol. The molecule has 5 rings (SSSR count). The fraction of sp³-hybridized carbons (Fsp3) is 0.432. The van der Waals surface area contributed by atoms with Gasteiger partial charge in [-0.25, -0.2) is 4.79 Å². The third-order valence-corrected chi connectivity index (χ3v) is 8.76. The van der Waals surface area contributed by atoms with E-state index in [0.29, 0.717) is 47.3 Å². The van der Waals surface area contributed by atoms with E-state index in [9.17, 15) is 19.5 Å². The highest BCUT2D eigenvalue weighted by atomic mass is 16.7. The van der Waals surface area contributed by atoms with Gasteiger partial charge in [0.05, 0.1) is 30.4 Å². The van der Waals surface area contributed by atoms with Gasteiger partial charge in [0.2, 0.25) is 6.79 Å². The lowest BCUT2D eigenvalue weighted by Crippen LogP contribution is -2.48. The predicted molar refractivity (Wildman–Crippen MR) is 185 cm³/mol. The molecule has 0 spiro atoms. The maximum atomic E-state index is 14.4. The number of carbonyl (C=O) groups is 3. The van der Waals surface area contributed by atoms with Crippen molar-refractivity contribution in [1.29, 1.82) is 0 Å². The molecule has 0 aromatic heterocycles. The van der Waals surface area contributed by atoms with Crippen molar-refractivity contribution in [3.05, 3.63) is 77.9 Å². The van der Waals surface area contributed by atoms with Crippen LogP contribution in [0.4, 0.5) is 16.2 Å². The molecule has 3 aromatic rings. The number of nitrogens with one attached hydrogen (secondary N) is 2. The van der Waals surface area contributed by atoms with Crippen molar-refractivity contribution in [2.45, 2.75) is 58.3 Å². The summed E-state index contributed by atoms with van der Waals surface area (Å²) in [5.74, 6) is 0.848. The van der Waals surface area contributed by atoms with Gasteiger partial charge >= 0.3 is 6.03 Å². The van der Waals surface area contributed by atoms with E-state index in [1.807, 2.05) is 32.0 Å². The van der Waals surface area contributed by atoms with Crippen LogP contribution in [0.25, 0.3) is 0 Å². The second-order valence-electron chi connectivity index (χ2n) is 12.7. The molecule has 49 heavy (non-hydrogen) atoms. The third-order valence-electron chi connectivity index (χ3n) is 8.76. The molecule has 0 radical (unpaired) electrons. The molecule has 0 aliphatic carbocycles. The molecule has 2 heterocycles. The number of aliphatic hydroxyl groups is 1. The number of likely N-dealkylation sites (N-methyl/N-ethyl adjacent to an activating group) is 1. The van der Waals surface area contributed by atoms with E-state index < -0.39 is 12.1 Å². The van der Waals surface area contributed by atoms with Crippen LogP contribution in [0.15, 0.2) is 66.7 Å². The first-order chi connectivity index (χ1) is 23.6. The van der Waals surface area contributed by atoms with Crippen LogP contribution in [0.1, 0.15) is 60.7 Å². The van der Waals surface area contributed by atoms with Crippen LogP contribution in [-0.4, -0.2) is 91.1 Å². The molecule has 0 bridgehead atoms. The molecule has 0 fully saturated rings. The van der Waals surface area contributed by atoms with Gasteiger partial charge in [0.1, 0.15) is 5.75 Å². The Kier molecular flexibility index (Phi) is 12.0. The summed E-state index contributed by atoms with van der Waals surface area (Å²) in [6, 6.07) is 18.1. The van der Waals surface area contributed by atoms with Crippen molar-refractivity contribution >= 4 is 29.2 Å². The maximum Gasteiger partial charge on any atom is 0.323 e. The van der Waals surface area contributed by atoms with Crippen molar-refractivity contribution in [2.75, 3.05) is 50.8 Å². The van der Waals surface area contributed by atoms with Gasteiger partial charge in [0, 0.05) is 55.7 Å². The molecule has 0 saturated carbocycles. The summed E-state index contributed by atoms with van der Waals surface area (Å²) in [6.07, 6.45) is 1.81. The van der Waals surface area contributed by atoms with Crippen molar-refractivity contribution in [3.63, 3.8) is 0 Å². The lowest BCUT2D eigenvalue weighted by Gasteiger charge is -2.36. The number of amides is 4. The van der Waals surface area contributed by atoms with Gasteiger partial charge < -0.3 is 44.5 Å². The fourth-order valence-electron chi connectivity index (χ4n) is 5.88. The molecule has 4 amide bonds.